The average Bonchev–Trinajstić information content (AvgIpc) is 3.07. The summed E-state index contributed by atoms with van der Waals surface area (Å²) < 4.78 is 13.6. The molecule has 0 amide bonds. The standard InChI is InChI=1S/C24H35N3O3/c1-7-8-13-29-21-15-18(2)22(19(3)16-21)12-10-9-11-14-30-24-23(20(4)26-28-6)25-17-27(24)5/h7-8,15-17H,9-14H2,1-6H3/b8-7+,26-20?. The van der Waals surface area contributed by atoms with Crippen molar-refractivity contribution in [3.8, 4) is 11.6 Å². The van der Waals surface area contributed by atoms with Crippen LogP contribution in [0.1, 0.15) is 55.5 Å². The van der Waals surface area contributed by atoms with Gasteiger partial charge in [0.15, 0.2) is 0 Å². The minimum Gasteiger partial charge on any atom is -0.490 e. The van der Waals surface area contributed by atoms with Crippen LogP contribution < -0.4 is 9.47 Å². The summed E-state index contributed by atoms with van der Waals surface area (Å²) in [7, 11) is 3.45. The zero-order chi connectivity index (χ0) is 21.9. The largest absolute Gasteiger partial charge is 0.490 e. The lowest BCUT2D eigenvalue weighted by atomic mass is 9.97. The van der Waals surface area contributed by atoms with Crippen LogP contribution >= 0.6 is 0 Å². The first-order valence-corrected chi connectivity index (χ1v) is 10.5. The molecule has 0 saturated heterocycles. The van der Waals surface area contributed by atoms with Crippen LogP contribution in [0.25, 0.3) is 0 Å². The summed E-state index contributed by atoms with van der Waals surface area (Å²) in [5.41, 5.74) is 5.46. The predicted molar refractivity (Wildman–Crippen MR) is 122 cm³/mol. The number of nitrogens with zero attached hydrogens (tertiary/aromatic N) is 3. The van der Waals surface area contributed by atoms with E-state index in [2.05, 4.69) is 36.1 Å². The summed E-state index contributed by atoms with van der Waals surface area (Å²) in [6.07, 6.45) is 10.1. The zero-order valence-electron chi connectivity index (χ0n) is 19.2. The molecule has 0 aliphatic carbocycles. The number of unbranched alkanes of at least 4 members (excludes halogenated alkanes) is 2. The monoisotopic (exact) mass is 413 g/mol. The molecule has 0 radical (unpaired) electrons. The van der Waals surface area contributed by atoms with E-state index in [1.54, 1.807) is 6.33 Å². The molecule has 2 aromatic rings. The number of allylic oxidation sites excluding steroid dienone is 1. The summed E-state index contributed by atoms with van der Waals surface area (Å²) in [4.78, 5) is 9.20. The van der Waals surface area contributed by atoms with Crippen molar-refractivity contribution >= 4 is 5.71 Å². The second kappa shape index (κ2) is 12.1. The van der Waals surface area contributed by atoms with Crippen molar-refractivity contribution < 1.29 is 14.3 Å². The molecule has 1 aromatic heterocycles. The number of oxime groups is 1. The Kier molecular flexibility index (Phi) is 9.45. The first-order valence-electron chi connectivity index (χ1n) is 10.5. The van der Waals surface area contributed by atoms with Gasteiger partial charge in [0.1, 0.15) is 30.9 Å². The molecule has 0 unspecified atom stereocenters. The van der Waals surface area contributed by atoms with E-state index in [1.807, 2.05) is 37.6 Å². The highest BCUT2D eigenvalue weighted by atomic mass is 16.6. The number of imidazole rings is 1. The molecular weight excluding hydrogens is 378 g/mol. The normalized spacial score (nSPS) is 11.9. The van der Waals surface area contributed by atoms with Gasteiger partial charge in [0.05, 0.1) is 12.9 Å². The lowest BCUT2D eigenvalue weighted by Gasteiger charge is -2.13. The van der Waals surface area contributed by atoms with Gasteiger partial charge in [0, 0.05) is 7.05 Å². The van der Waals surface area contributed by atoms with Gasteiger partial charge in [-0.2, -0.15) is 0 Å². The van der Waals surface area contributed by atoms with E-state index in [9.17, 15) is 0 Å². The molecule has 0 N–H and O–H groups in total. The fourth-order valence-corrected chi connectivity index (χ4v) is 3.44. The fourth-order valence-electron chi connectivity index (χ4n) is 3.44. The summed E-state index contributed by atoms with van der Waals surface area (Å²) in [5, 5.41) is 3.95. The first kappa shape index (κ1) is 23.5. The summed E-state index contributed by atoms with van der Waals surface area (Å²) in [6.45, 7) is 9.47. The third-order valence-electron chi connectivity index (χ3n) is 5.02. The maximum absolute atomic E-state index is 5.98. The second-order valence-electron chi connectivity index (χ2n) is 7.44. The van der Waals surface area contributed by atoms with E-state index >= 15 is 0 Å². The van der Waals surface area contributed by atoms with Crippen LogP contribution in [-0.2, 0) is 18.3 Å². The number of benzene rings is 1. The molecular formula is C24H35N3O3. The Morgan fingerprint density at radius 3 is 2.53 bits per heavy atom. The van der Waals surface area contributed by atoms with Gasteiger partial charge in [-0.1, -0.05) is 17.3 Å². The maximum atomic E-state index is 5.98. The van der Waals surface area contributed by atoms with E-state index in [0.29, 0.717) is 18.9 Å². The van der Waals surface area contributed by atoms with Gasteiger partial charge in [-0.25, -0.2) is 4.98 Å². The third-order valence-corrected chi connectivity index (χ3v) is 5.02. The van der Waals surface area contributed by atoms with Crippen LogP contribution in [0.4, 0.5) is 0 Å². The molecule has 0 aliphatic heterocycles. The summed E-state index contributed by atoms with van der Waals surface area (Å²) >= 11 is 0. The van der Waals surface area contributed by atoms with Gasteiger partial charge in [-0.3, -0.25) is 0 Å². The smallest absolute Gasteiger partial charge is 0.223 e. The molecule has 0 saturated carbocycles. The number of ether oxygens (including phenoxy) is 2. The van der Waals surface area contributed by atoms with E-state index in [0.717, 1.165) is 43.0 Å². The van der Waals surface area contributed by atoms with Gasteiger partial charge >= 0.3 is 0 Å². The minimum absolute atomic E-state index is 0.615. The molecule has 1 aromatic carbocycles. The molecule has 6 nitrogen and oxygen atoms in total. The van der Waals surface area contributed by atoms with E-state index in [1.165, 1.54) is 23.8 Å². The molecule has 164 valence electrons. The Balaban J connectivity index is 1.80. The molecule has 0 atom stereocenters. The molecule has 0 fully saturated rings. The Morgan fingerprint density at radius 2 is 1.87 bits per heavy atom. The van der Waals surface area contributed by atoms with Gasteiger partial charge < -0.3 is 18.9 Å². The molecule has 0 aliphatic rings. The SMILES string of the molecule is C/C=C/COc1cc(C)c(CCCCCOc2c(C(C)=NOC)ncn2C)c(C)c1. The van der Waals surface area contributed by atoms with Crippen molar-refractivity contribution in [1.82, 2.24) is 9.55 Å². The van der Waals surface area contributed by atoms with Crippen LogP contribution in [0.15, 0.2) is 35.8 Å². The van der Waals surface area contributed by atoms with Crippen LogP contribution in [0, 0.1) is 13.8 Å². The Labute approximate surface area is 180 Å². The highest BCUT2D eigenvalue weighted by molar-refractivity contribution is 5.98. The maximum Gasteiger partial charge on any atom is 0.223 e. The van der Waals surface area contributed by atoms with Gasteiger partial charge in [0.25, 0.3) is 0 Å². The Morgan fingerprint density at radius 1 is 1.13 bits per heavy atom. The summed E-state index contributed by atoms with van der Waals surface area (Å²) in [5.74, 6) is 1.67. The molecule has 0 spiro atoms. The van der Waals surface area contributed by atoms with Crippen molar-refractivity contribution in [2.75, 3.05) is 20.3 Å². The topological polar surface area (TPSA) is 57.9 Å². The lowest BCUT2D eigenvalue weighted by Crippen LogP contribution is -2.06. The van der Waals surface area contributed by atoms with Gasteiger partial charge in [-0.15, -0.1) is 0 Å². The quantitative estimate of drug-likeness (QED) is 0.209. The van der Waals surface area contributed by atoms with Crippen LogP contribution in [-0.4, -0.2) is 35.6 Å². The third kappa shape index (κ3) is 6.65. The lowest BCUT2D eigenvalue weighted by molar-refractivity contribution is 0.213. The average molecular weight is 414 g/mol. The molecule has 2 rings (SSSR count). The van der Waals surface area contributed by atoms with Crippen molar-refractivity contribution in [3.63, 3.8) is 0 Å². The molecule has 0 bridgehead atoms. The first-order chi connectivity index (χ1) is 14.5. The van der Waals surface area contributed by atoms with Crippen LogP contribution in [0.3, 0.4) is 0 Å². The van der Waals surface area contributed by atoms with Crippen molar-refractivity contribution in [2.45, 2.75) is 53.4 Å². The van der Waals surface area contributed by atoms with E-state index in [4.69, 9.17) is 14.3 Å². The Bertz CT molecular complexity index is 846. The molecule has 30 heavy (non-hydrogen) atoms. The van der Waals surface area contributed by atoms with Gasteiger partial charge in [-0.05, 0) is 82.2 Å². The number of aryl methyl sites for hydroxylation is 3. The van der Waals surface area contributed by atoms with Crippen molar-refractivity contribution in [3.05, 3.63) is 53.0 Å². The van der Waals surface area contributed by atoms with Crippen LogP contribution in [0.5, 0.6) is 11.6 Å². The van der Waals surface area contributed by atoms with Gasteiger partial charge in [0.2, 0.25) is 5.88 Å². The van der Waals surface area contributed by atoms with Crippen molar-refractivity contribution in [1.29, 1.82) is 0 Å². The molecule has 6 heteroatoms. The Hall–Kier alpha value is -2.76. The highest BCUT2D eigenvalue weighted by Gasteiger charge is 2.14. The predicted octanol–water partition coefficient (Wildman–Crippen LogP) is 5.15. The number of aromatic nitrogens is 2. The fraction of sp³-hybridized carbons (Fsp3) is 0.500. The number of hydrogen-bond acceptors (Lipinski definition) is 5. The molecule has 1 heterocycles. The minimum atomic E-state index is 0.615. The second-order valence-corrected chi connectivity index (χ2v) is 7.44. The van der Waals surface area contributed by atoms with E-state index < -0.39 is 0 Å². The van der Waals surface area contributed by atoms with Crippen LogP contribution in [0.2, 0.25) is 0 Å². The number of rotatable bonds is 12. The number of hydrogen-bond donors (Lipinski definition) is 0. The highest BCUT2D eigenvalue weighted by Crippen LogP contribution is 2.24. The zero-order valence-corrected chi connectivity index (χ0v) is 19.2. The summed E-state index contributed by atoms with van der Waals surface area (Å²) in [6, 6.07) is 4.28. The van der Waals surface area contributed by atoms with E-state index in [-0.39, 0.29) is 0 Å². The van der Waals surface area contributed by atoms with Crippen molar-refractivity contribution in [2.24, 2.45) is 12.2 Å².